The summed E-state index contributed by atoms with van der Waals surface area (Å²) in [7, 11) is 1.29. The number of carbonyl (C=O) groups excluding carboxylic acids is 2. The van der Waals surface area contributed by atoms with E-state index in [1.807, 2.05) is 30.3 Å². The Balaban J connectivity index is 2.15. The summed E-state index contributed by atoms with van der Waals surface area (Å²) in [6.07, 6.45) is 1.38. The van der Waals surface area contributed by atoms with Crippen LogP contribution in [-0.2, 0) is 20.7 Å². The summed E-state index contributed by atoms with van der Waals surface area (Å²) in [6, 6.07) is 8.67. The normalized spacial score (nSPS) is 12.5. The minimum atomic E-state index is -0.820. The van der Waals surface area contributed by atoms with Gasteiger partial charge in [-0.3, -0.25) is 4.98 Å². The van der Waals surface area contributed by atoms with Gasteiger partial charge in [-0.05, 0) is 44.5 Å². The van der Waals surface area contributed by atoms with E-state index >= 15 is 0 Å². The summed E-state index contributed by atoms with van der Waals surface area (Å²) in [4.78, 5) is 28.2. The Labute approximate surface area is 141 Å². The van der Waals surface area contributed by atoms with Crippen LogP contribution >= 0.6 is 0 Å². The molecule has 128 valence electrons. The van der Waals surface area contributed by atoms with Crippen LogP contribution in [0.2, 0.25) is 0 Å². The lowest BCUT2D eigenvalue weighted by atomic mass is 10.0. The van der Waals surface area contributed by atoms with E-state index in [4.69, 9.17) is 9.47 Å². The third-order valence-electron chi connectivity index (χ3n) is 3.28. The summed E-state index contributed by atoms with van der Waals surface area (Å²) in [6.45, 7) is 5.28. The van der Waals surface area contributed by atoms with Crippen LogP contribution in [-0.4, -0.2) is 35.8 Å². The van der Waals surface area contributed by atoms with Gasteiger partial charge < -0.3 is 14.8 Å². The Kier molecular flexibility index (Phi) is 5.39. The van der Waals surface area contributed by atoms with Gasteiger partial charge in [0.25, 0.3) is 0 Å². The molecule has 0 bridgehead atoms. The van der Waals surface area contributed by atoms with Crippen LogP contribution in [0, 0.1) is 0 Å². The zero-order valence-corrected chi connectivity index (χ0v) is 14.3. The van der Waals surface area contributed by atoms with Crippen molar-refractivity contribution in [3.8, 4) is 0 Å². The SMILES string of the molecule is COC(=O)[C@H](Cc1ccc2ncccc2c1)NC(=O)OC(C)(C)C. The number of hydrogen-bond acceptors (Lipinski definition) is 5. The lowest BCUT2D eigenvalue weighted by Gasteiger charge is -2.22. The van der Waals surface area contributed by atoms with Crippen molar-refractivity contribution in [2.24, 2.45) is 0 Å². The molecule has 0 saturated carbocycles. The molecule has 0 radical (unpaired) electrons. The van der Waals surface area contributed by atoms with Crippen LogP contribution < -0.4 is 5.32 Å². The Morgan fingerprint density at radius 2 is 2.00 bits per heavy atom. The maximum Gasteiger partial charge on any atom is 0.408 e. The zero-order chi connectivity index (χ0) is 17.7. The number of esters is 1. The van der Waals surface area contributed by atoms with Gasteiger partial charge in [0.1, 0.15) is 11.6 Å². The van der Waals surface area contributed by atoms with E-state index in [1.54, 1.807) is 27.0 Å². The molecule has 0 aliphatic rings. The van der Waals surface area contributed by atoms with Gasteiger partial charge in [-0.1, -0.05) is 12.1 Å². The Hall–Kier alpha value is -2.63. The van der Waals surface area contributed by atoms with Crippen molar-refractivity contribution < 1.29 is 19.1 Å². The average molecular weight is 330 g/mol. The fraction of sp³-hybridized carbons (Fsp3) is 0.389. The number of amides is 1. The molecular formula is C18H22N2O4. The predicted molar refractivity (Wildman–Crippen MR) is 90.6 cm³/mol. The molecule has 0 spiro atoms. The van der Waals surface area contributed by atoms with E-state index in [9.17, 15) is 9.59 Å². The molecule has 6 nitrogen and oxygen atoms in total. The van der Waals surface area contributed by atoms with Crippen LogP contribution in [0.25, 0.3) is 10.9 Å². The number of hydrogen-bond donors (Lipinski definition) is 1. The first-order valence-electron chi connectivity index (χ1n) is 7.69. The van der Waals surface area contributed by atoms with E-state index in [0.717, 1.165) is 16.5 Å². The van der Waals surface area contributed by atoms with Gasteiger partial charge in [-0.15, -0.1) is 0 Å². The molecule has 0 unspecified atom stereocenters. The molecule has 1 atom stereocenters. The number of benzene rings is 1. The molecule has 1 aromatic carbocycles. The highest BCUT2D eigenvalue weighted by molar-refractivity contribution is 5.82. The summed E-state index contributed by atoms with van der Waals surface area (Å²) in [5, 5.41) is 3.54. The topological polar surface area (TPSA) is 77.5 Å². The van der Waals surface area contributed by atoms with Gasteiger partial charge in [-0.25, -0.2) is 9.59 Å². The molecule has 0 fully saturated rings. The first-order chi connectivity index (χ1) is 11.3. The molecule has 0 saturated heterocycles. The largest absolute Gasteiger partial charge is 0.467 e. The Morgan fingerprint density at radius 3 is 2.67 bits per heavy atom. The maximum absolute atomic E-state index is 12.0. The number of fused-ring (bicyclic) bond motifs is 1. The van der Waals surface area contributed by atoms with E-state index in [2.05, 4.69) is 10.3 Å². The number of methoxy groups -OCH3 is 1. The van der Waals surface area contributed by atoms with Crippen LogP contribution in [0.5, 0.6) is 0 Å². The average Bonchev–Trinajstić information content (AvgIpc) is 2.51. The third-order valence-corrected chi connectivity index (χ3v) is 3.28. The van der Waals surface area contributed by atoms with Crippen molar-refractivity contribution in [3.05, 3.63) is 42.1 Å². The van der Waals surface area contributed by atoms with Gasteiger partial charge >= 0.3 is 12.1 Å². The molecular weight excluding hydrogens is 308 g/mol. The van der Waals surface area contributed by atoms with Crippen molar-refractivity contribution in [3.63, 3.8) is 0 Å². The van der Waals surface area contributed by atoms with Crippen LogP contribution in [0.3, 0.4) is 0 Å². The molecule has 0 aliphatic carbocycles. The molecule has 1 amide bonds. The minimum Gasteiger partial charge on any atom is -0.467 e. The number of rotatable bonds is 4. The van der Waals surface area contributed by atoms with E-state index in [0.29, 0.717) is 6.42 Å². The second kappa shape index (κ2) is 7.29. The van der Waals surface area contributed by atoms with Gasteiger partial charge in [0.05, 0.1) is 12.6 Å². The van der Waals surface area contributed by atoms with E-state index < -0.39 is 23.7 Å². The smallest absolute Gasteiger partial charge is 0.408 e. The van der Waals surface area contributed by atoms with Gasteiger partial charge in [-0.2, -0.15) is 0 Å². The number of nitrogens with one attached hydrogen (secondary N) is 1. The second-order valence-electron chi connectivity index (χ2n) is 6.46. The van der Waals surface area contributed by atoms with Crippen molar-refractivity contribution >= 4 is 23.0 Å². The number of ether oxygens (including phenoxy) is 2. The summed E-state index contributed by atoms with van der Waals surface area (Å²) in [5.41, 5.74) is 1.12. The van der Waals surface area contributed by atoms with Crippen molar-refractivity contribution in [2.75, 3.05) is 7.11 Å². The highest BCUT2D eigenvalue weighted by Crippen LogP contribution is 2.15. The lowest BCUT2D eigenvalue weighted by molar-refractivity contribution is -0.143. The molecule has 24 heavy (non-hydrogen) atoms. The fourth-order valence-electron chi connectivity index (χ4n) is 2.27. The molecule has 0 aliphatic heterocycles. The quantitative estimate of drug-likeness (QED) is 0.872. The highest BCUT2D eigenvalue weighted by Gasteiger charge is 2.25. The number of nitrogens with zero attached hydrogens (tertiary/aromatic N) is 1. The van der Waals surface area contributed by atoms with Gasteiger partial charge in [0.2, 0.25) is 0 Å². The van der Waals surface area contributed by atoms with E-state index in [1.165, 1.54) is 7.11 Å². The molecule has 6 heteroatoms. The molecule has 1 aromatic heterocycles. The molecule has 2 aromatic rings. The summed E-state index contributed by atoms with van der Waals surface area (Å²) < 4.78 is 9.98. The predicted octanol–water partition coefficient (Wildman–Crippen LogP) is 2.84. The first kappa shape index (κ1) is 17.7. The van der Waals surface area contributed by atoms with Crippen LogP contribution in [0.15, 0.2) is 36.5 Å². The fourth-order valence-corrected chi connectivity index (χ4v) is 2.27. The van der Waals surface area contributed by atoms with Gasteiger partial charge in [0.15, 0.2) is 0 Å². The van der Waals surface area contributed by atoms with Crippen LogP contribution in [0.4, 0.5) is 4.79 Å². The summed E-state index contributed by atoms with van der Waals surface area (Å²) in [5.74, 6) is -0.521. The maximum atomic E-state index is 12.0. The number of carbonyl (C=O) groups is 2. The lowest BCUT2D eigenvalue weighted by Crippen LogP contribution is -2.45. The third kappa shape index (κ3) is 4.94. The molecule has 2 rings (SSSR count). The first-order valence-corrected chi connectivity index (χ1v) is 7.69. The Morgan fingerprint density at radius 1 is 1.25 bits per heavy atom. The zero-order valence-electron chi connectivity index (χ0n) is 14.3. The molecule has 1 heterocycles. The van der Waals surface area contributed by atoms with E-state index in [-0.39, 0.29) is 0 Å². The van der Waals surface area contributed by atoms with Crippen LogP contribution in [0.1, 0.15) is 26.3 Å². The number of pyridine rings is 1. The minimum absolute atomic E-state index is 0.302. The summed E-state index contributed by atoms with van der Waals surface area (Å²) >= 11 is 0. The highest BCUT2D eigenvalue weighted by atomic mass is 16.6. The number of alkyl carbamates (subject to hydrolysis) is 1. The van der Waals surface area contributed by atoms with Crippen molar-refractivity contribution in [1.82, 2.24) is 10.3 Å². The molecule has 1 N–H and O–H groups in total. The van der Waals surface area contributed by atoms with Gasteiger partial charge in [0, 0.05) is 18.0 Å². The van der Waals surface area contributed by atoms with Crippen molar-refractivity contribution in [1.29, 1.82) is 0 Å². The Bertz CT molecular complexity index is 737. The standard InChI is InChI=1S/C18H22N2O4/c1-18(2,3)24-17(22)20-15(16(21)23-4)11-12-7-8-14-13(10-12)6-5-9-19-14/h5-10,15H,11H2,1-4H3,(H,20,22)/t15-/m0/s1. The second-order valence-corrected chi connectivity index (χ2v) is 6.46. The monoisotopic (exact) mass is 330 g/mol. The number of aromatic nitrogens is 1. The van der Waals surface area contributed by atoms with Crippen molar-refractivity contribution in [2.45, 2.75) is 38.8 Å².